The van der Waals surface area contributed by atoms with Crippen LogP contribution in [0.25, 0.3) is 33.8 Å². The molecular weight excluding hydrogens is 446 g/mol. The number of aromatic amines is 1. The summed E-state index contributed by atoms with van der Waals surface area (Å²) in [7, 11) is 1.90. The Bertz CT molecular complexity index is 1490. The van der Waals surface area contributed by atoms with Crippen molar-refractivity contribution in [2.45, 2.75) is 13.0 Å². The number of hydrogen-bond donors (Lipinski definition) is 1. The molecule has 0 saturated carbocycles. The van der Waals surface area contributed by atoms with Gasteiger partial charge in [0.15, 0.2) is 0 Å². The third-order valence-corrected chi connectivity index (χ3v) is 5.31. The highest BCUT2D eigenvalue weighted by atomic mass is 35.5. The molecule has 1 atom stereocenters. The highest BCUT2D eigenvalue weighted by molar-refractivity contribution is 6.30. The van der Waals surface area contributed by atoms with Crippen molar-refractivity contribution in [2.75, 3.05) is 6.61 Å². The van der Waals surface area contributed by atoms with Crippen LogP contribution < -0.4 is 5.76 Å². The lowest BCUT2D eigenvalue weighted by Crippen LogP contribution is -2.12. The Morgan fingerprint density at radius 2 is 2.09 bits per heavy atom. The Kier molecular flexibility index (Phi) is 5.45. The van der Waals surface area contributed by atoms with E-state index in [2.05, 4.69) is 24.6 Å². The molecule has 5 aromatic heterocycles. The summed E-state index contributed by atoms with van der Waals surface area (Å²) < 4.78 is 12.7. The normalized spacial score (nSPS) is 12.3. The Morgan fingerprint density at radius 1 is 1.21 bits per heavy atom. The summed E-state index contributed by atoms with van der Waals surface area (Å²) in [4.78, 5) is 32.1. The van der Waals surface area contributed by atoms with Crippen molar-refractivity contribution in [3.05, 3.63) is 76.0 Å². The minimum absolute atomic E-state index is 0.193. The van der Waals surface area contributed by atoms with Gasteiger partial charge in [0.1, 0.15) is 17.6 Å². The molecule has 10 nitrogen and oxygen atoms in total. The van der Waals surface area contributed by atoms with Crippen molar-refractivity contribution >= 4 is 22.6 Å². The van der Waals surface area contributed by atoms with E-state index < -0.39 is 11.9 Å². The molecule has 0 radical (unpaired) electrons. The van der Waals surface area contributed by atoms with Gasteiger partial charge in [-0.1, -0.05) is 22.8 Å². The molecule has 5 aromatic rings. The first-order chi connectivity index (χ1) is 16.0. The van der Waals surface area contributed by atoms with Gasteiger partial charge >= 0.3 is 5.76 Å². The van der Waals surface area contributed by atoms with E-state index in [1.165, 1.54) is 0 Å². The molecule has 33 heavy (non-hydrogen) atoms. The van der Waals surface area contributed by atoms with E-state index in [-0.39, 0.29) is 5.82 Å². The fraction of sp³-hybridized carbons (Fsp3) is 0.182. The smallest absolute Gasteiger partial charge is 0.366 e. The third-order valence-electron chi connectivity index (χ3n) is 5.10. The number of H-pyrrole nitrogens is 1. The quantitative estimate of drug-likeness (QED) is 0.405. The summed E-state index contributed by atoms with van der Waals surface area (Å²) >= 11 is 6.21. The standard InChI is InChI=1S/C22H18ClN7O3/c1-3-32-19(12-5-4-6-24-9-12)21-27-15-8-16(20-28-22(31)33-29-20)26-17(18(15)30(21)2)13-7-14(23)11-25-10-13/h4-11,19H,3H2,1-2H3,(H,28,29,31). The Hall–Kier alpha value is -3.89. The molecule has 0 saturated heterocycles. The zero-order valence-electron chi connectivity index (χ0n) is 17.7. The predicted octanol–water partition coefficient (Wildman–Crippen LogP) is 3.55. The minimum atomic E-state index is -0.674. The molecule has 166 valence electrons. The summed E-state index contributed by atoms with van der Waals surface area (Å²) in [5.41, 5.74) is 3.90. The Balaban J connectivity index is 1.78. The fourth-order valence-electron chi connectivity index (χ4n) is 3.71. The van der Waals surface area contributed by atoms with Gasteiger partial charge in [0.2, 0.25) is 5.82 Å². The number of fused-ring (bicyclic) bond motifs is 1. The molecule has 0 fully saturated rings. The number of halogens is 1. The molecule has 5 rings (SSSR count). The van der Waals surface area contributed by atoms with Crippen molar-refractivity contribution < 1.29 is 9.26 Å². The van der Waals surface area contributed by atoms with Gasteiger partial charge in [-0.2, -0.15) is 0 Å². The lowest BCUT2D eigenvalue weighted by Gasteiger charge is -2.17. The van der Waals surface area contributed by atoms with Crippen LogP contribution in [-0.2, 0) is 11.8 Å². The third kappa shape index (κ3) is 3.90. The monoisotopic (exact) mass is 463 g/mol. The van der Waals surface area contributed by atoms with Crippen LogP contribution in [0.3, 0.4) is 0 Å². The van der Waals surface area contributed by atoms with Gasteiger partial charge < -0.3 is 9.30 Å². The van der Waals surface area contributed by atoms with Crippen molar-refractivity contribution in [3.8, 4) is 22.8 Å². The van der Waals surface area contributed by atoms with Crippen LogP contribution in [0.15, 0.2) is 58.4 Å². The predicted molar refractivity (Wildman–Crippen MR) is 121 cm³/mol. The van der Waals surface area contributed by atoms with Gasteiger partial charge in [-0.25, -0.2) is 14.8 Å². The molecule has 0 aliphatic carbocycles. The van der Waals surface area contributed by atoms with Gasteiger partial charge in [-0.3, -0.25) is 19.5 Å². The second kappa shape index (κ2) is 8.57. The summed E-state index contributed by atoms with van der Waals surface area (Å²) in [6.07, 6.45) is 6.23. The number of nitrogens with zero attached hydrogens (tertiary/aromatic N) is 6. The zero-order chi connectivity index (χ0) is 22.9. The first-order valence-corrected chi connectivity index (χ1v) is 10.5. The van der Waals surface area contributed by atoms with E-state index in [9.17, 15) is 4.79 Å². The van der Waals surface area contributed by atoms with E-state index in [1.54, 1.807) is 36.9 Å². The number of aromatic nitrogens is 7. The highest BCUT2D eigenvalue weighted by Crippen LogP contribution is 2.34. The van der Waals surface area contributed by atoms with Crippen molar-refractivity contribution in [2.24, 2.45) is 7.05 Å². The SMILES string of the molecule is CCOC(c1cccnc1)c1nc2cc(-c3noc(=O)[nH]3)nc(-c3cncc(Cl)c3)c2n1C. The molecule has 0 aromatic carbocycles. The van der Waals surface area contributed by atoms with Crippen LogP contribution in [-0.4, -0.2) is 41.3 Å². The van der Waals surface area contributed by atoms with Crippen LogP contribution in [0.4, 0.5) is 0 Å². The van der Waals surface area contributed by atoms with Crippen LogP contribution in [0.5, 0.6) is 0 Å². The van der Waals surface area contributed by atoms with Gasteiger partial charge in [-0.15, -0.1) is 0 Å². The van der Waals surface area contributed by atoms with E-state index in [1.807, 2.05) is 30.7 Å². The molecule has 1 N–H and O–H groups in total. The van der Waals surface area contributed by atoms with Crippen molar-refractivity contribution in [3.63, 3.8) is 0 Å². The Labute approximate surface area is 192 Å². The van der Waals surface area contributed by atoms with Gasteiger partial charge in [-0.05, 0) is 25.1 Å². The number of pyridine rings is 3. The van der Waals surface area contributed by atoms with Gasteiger partial charge in [0.25, 0.3) is 0 Å². The van der Waals surface area contributed by atoms with Crippen LogP contribution in [0.2, 0.25) is 5.02 Å². The summed E-state index contributed by atoms with van der Waals surface area (Å²) in [5.74, 6) is 0.190. The van der Waals surface area contributed by atoms with Gasteiger partial charge in [0, 0.05) is 49.6 Å². The first kappa shape index (κ1) is 21.0. The lowest BCUT2D eigenvalue weighted by molar-refractivity contribution is 0.0833. The molecule has 5 heterocycles. The van der Waals surface area contributed by atoms with E-state index in [0.29, 0.717) is 39.9 Å². The topological polar surface area (TPSA) is 125 Å². The molecule has 0 spiro atoms. The number of nitrogens with one attached hydrogen (secondary N) is 1. The number of ether oxygens (including phenoxy) is 1. The van der Waals surface area contributed by atoms with E-state index in [4.69, 9.17) is 26.3 Å². The highest BCUT2D eigenvalue weighted by Gasteiger charge is 2.25. The maximum Gasteiger partial charge on any atom is 0.439 e. The van der Waals surface area contributed by atoms with Crippen LogP contribution in [0, 0.1) is 0 Å². The molecule has 0 aliphatic rings. The maximum atomic E-state index is 11.5. The second-order valence-corrected chi connectivity index (χ2v) is 7.65. The van der Waals surface area contributed by atoms with Crippen LogP contribution in [0.1, 0.15) is 24.4 Å². The molecule has 0 amide bonds. The average molecular weight is 464 g/mol. The van der Waals surface area contributed by atoms with E-state index in [0.717, 1.165) is 11.1 Å². The number of rotatable bonds is 6. The van der Waals surface area contributed by atoms with E-state index >= 15 is 0 Å². The van der Waals surface area contributed by atoms with Crippen molar-refractivity contribution in [1.82, 2.24) is 34.6 Å². The number of hydrogen-bond acceptors (Lipinski definition) is 8. The summed E-state index contributed by atoms with van der Waals surface area (Å²) in [5, 5.41) is 4.24. The van der Waals surface area contributed by atoms with Gasteiger partial charge in [0.05, 0.1) is 21.7 Å². The fourth-order valence-corrected chi connectivity index (χ4v) is 3.88. The molecule has 1 unspecified atom stereocenters. The van der Waals surface area contributed by atoms with Crippen molar-refractivity contribution in [1.29, 1.82) is 0 Å². The Morgan fingerprint density at radius 3 is 2.79 bits per heavy atom. The molecule has 0 aliphatic heterocycles. The number of aryl methyl sites for hydroxylation is 1. The zero-order valence-corrected chi connectivity index (χ0v) is 18.4. The minimum Gasteiger partial charge on any atom is -0.366 e. The lowest BCUT2D eigenvalue weighted by atomic mass is 10.1. The number of imidazole rings is 1. The van der Waals surface area contributed by atoms with Crippen LogP contribution >= 0.6 is 11.6 Å². The maximum absolute atomic E-state index is 11.5. The second-order valence-electron chi connectivity index (χ2n) is 7.21. The average Bonchev–Trinajstić information content (AvgIpc) is 3.41. The largest absolute Gasteiger partial charge is 0.439 e. The molecule has 0 bridgehead atoms. The summed E-state index contributed by atoms with van der Waals surface area (Å²) in [6, 6.07) is 7.30. The molecular formula is C22H18ClN7O3. The summed E-state index contributed by atoms with van der Waals surface area (Å²) in [6.45, 7) is 2.41. The molecule has 11 heteroatoms. The first-order valence-electron chi connectivity index (χ1n) is 10.1.